The van der Waals surface area contributed by atoms with Crippen molar-refractivity contribution < 1.29 is 13.3 Å². The Morgan fingerprint density at radius 2 is 1.78 bits per heavy atom. The third kappa shape index (κ3) is 5.25. The molecule has 27 heavy (non-hydrogen) atoms. The second-order valence-corrected chi connectivity index (χ2v) is 7.54. The van der Waals surface area contributed by atoms with Crippen molar-refractivity contribution in [3.63, 3.8) is 0 Å². The van der Waals surface area contributed by atoms with Crippen LogP contribution < -0.4 is 10.5 Å². The van der Waals surface area contributed by atoms with Crippen molar-refractivity contribution in [3.05, 3.63) is 64.2 Å². The summed E-state index contributed by atoms with van der Waals surface area (Å²) in [5, 5.41) is 19.3. The molecule has 9 heteroatoms. The minimum absolute atomic E-state index is 0.00437. The molecule has 2 aromatic carbocycles. The summed E-state index contributed by atoms with van der Waals surface area (Å²) in [5.41, 5.74) is 1.01. The van der Waals surface area contributed by atoms with Gasteiger partial charge in [0.15, 0.2) is 0 Å². The predicted molar refractivity (Wildman–Crippen MR) is 105 cm³/mol. The molecule has 0 fully saturated rings. The van der Waals surface area contributed by atoms with Gasteiger partial charge in [-0.1, -0.05) is 44.2 Å². The van der Waals surface area contributed by atoms with E-state index in [1.807, 2.05) is 30.3 Å². The molecule has 0 saturated carbocycles. The van der Waals surface area contributed by atoms with Crippen molar-refractivity contribution in [2.24, 2.45) is 5.14 Å². The highest BCUT2D eigenvalue weighted by molar-refractivity contribution is 7.89. The standard InChI is InChI=1S/C18H24N4O4S/c1-3-21(4-2)17(14-8-6-5-7-9-14)13-20-16-11-10-15(22(23)24)12-18(16)27(19,25)26/h5-12,17,20H,3-4,13H2,1-2H3,(H2,19,25,26). The summed E-state index contributed by atoms with van der Waals surface area (Å²) < 4.78 is 23.8. The van der Waals surface area contributed by atoms with Crippen molar-refractivity contribution >= 4 is 21.4 Å². The molecule has 146 valence electrons. The first kappa shape index (κ1) is 20.8. The van der Waals surface area contributed by atoms with Crippen molar-refractivity contribution in [2.45, 2.75) is 24.8 Å². The molecule has 0 aromatic heterocycles. The summed E-state index contributed by atoms with van der Waals surface area (Å²) in [5.74, 6) is 0. The fourth-order valence-electron chi connectivity index (χ4n) is 3.01. The third-order valence-electron chi connectivity index (χ3n) is 4.41. The molecule has 8 nitrogen and oxygen atoms in total. The lowest BCUT2D eigenvalue weighted by atomic mass is 10.0. The number of nitro benzene ring substituents is 1. The van der Waals surface area contributed by atoms with Gasteiger partial charge in [-0.25, -0.2) is 13.6 Å². The third-order valence-corrected chi connectivity index (χ3v) is 5.36. The summed E-state index contributed by atoms with van der Waals surface area (Å²) in [6, 6.07) is 13.5. The van der Waals surface area contributed by atoms with E-state index in [9.17, 15) is 18.5 Å². The normalized spacial score (nSPS) is 12.7. The van der Waals surface area contributed by atoms with E-state index in [1.54, 1.807) is 0 Å². The Bertz CT molecular complexity index is 883. The van der Waals surface area contributed by atoms with E-state index in [0.717, 1.165) is 24.7 Å². The molecule has 1 atom stereocenters. The minimum Gasteiger partial charge on any atom is -0.382 e. The van der Waals surface area contributed by atoms with Crippen LogP contribution in [0.3, 0.4) is 0 Å². The Morgan fingerprint density at radius 3 is 2.30 bits per heavy atom. The number of non-ortho nitro benzene ring substituents is 1. The highest BCUT2D eigenvalue weighted by Gasteiger charge is 2.22. The van der Waals surface area contributed by atoms with Crippen molar-refractivity contribution in [1.82, 2.24) is 4.90 Å². The molecule has 0 spiro atoms. The maximum Gasteiger partial charge on any atom is 0.270 e. The van der Waals surface area contributed by atoms with Gasteiger partial charge in [-0.2, -0.15) is 0 Å². The van der Waals surface area contributed by atoms with Crippen LogP contribution >= 0.6 is 0 Å². The molecule has 0 heterocycles. The Hall–Kier alpha value is -2.49. The van der Waals surface area contributed by atoms with E-state index in [2.05, 4.69) is 24.1 Å². The van der Waals surface area contributed by atoms with Gasteiger partial charge in [0.2, 0.25) is 10.0 Å². The Kier molecular flexibility index (Phi) is 6.89. The van der Waals surface area contributed by atoms with E-state index in [4.69, 9.17) is 5.14 Å². The number of nitrogens with zero attached hydrogens (tertiary/aromatic N) is 2. The first-order valence-electron chi connectivity index (χ1n) is 8.62. The summed E-state index contributed by atoms with van der Waals surface area (Å²) >= 11 is 0. The number of hydrogen-bond donors (Lipinski definition) is 2. The van der Waals surface area contributed by atoms with Gasteiger partial charge in [0.05, 0.1) is 16.7 Å². The summed E-state index contributed by atoms with van der Waals surface area (Å²) in [6.07, 6.45) is 0. The van der Waals surface area contributed by atoms with Crippen LogP contribution in [0.4, 0.5) is 11.4 Å². The fraction of sp³-hybridized carbons (Fsp3) is 0.333. The van der Waals surface area contributed by atoms with Crippen molar-refractivity contribution in [3.8, 4) is 0 Å². The average Bonchev–Trinajstić information content (AvgIpc) is 2.65. The van der Waals surface area contributed by atoms with Gasteiger partial charge >= 0.3 is 0 Å². The van der Waals surface area contributed by atoms with Crippen LogP contribution in [-0.4, -0.2) is 37.9 Å². The molecular weight excluding hydrogens is 368 g/mol. The molecule has 1 unspecified atom stereocenters. The maximum atomic E-state index is 11.9. The smallest absolute Gasteiger partial charge is 0.270 e. The second-order valence-electron chi connectivity index (χ2n) is 6.01. The van der Waals surface area contributed by atoms with Crippen LogP contribution in [-0.2, 0) is 10.0 Å². The zero-order valence-corrected chi connectivity index (χ0v) is 16.1. The van der Waals surface area contributed by atoms with E-state index >= 15 is 0 Å². The number of sulfonamides is 1. The van der Waals surface area contributed by atoms with Gasteiger partial charge in [0, 0.05) is 18.7 Å². The second kappa shape index (κ2) is 8.94. The molecule has 0 radical (unpaired) electrons. The molecule has 0 aliphatic heterocycles. The lowest BCUT2D eigenvalue weighted by Gasteiger charge is -2.30. The number of nitrogens with two attached hydrogens (primary N) is 1. The molecule has 3 N–H and O–H groups in total. The number of benzene rings is 2. The molecule has 0 aliphatic rings. The fourth-order valence-corrected chi connectivity index (χ4v) is 3.74. The van der Waals surface area contributed by atoms with Gasteiger partial charge in [-0.05, 0) is 24.7 Å². The highest BCUT2D eigenvalue weighted by atomic mass is 32.2. The van der Waals surface area contributed by atoms with E-state index < -0.39 is 14.9 Å². The molecule has 2 rings (SSSR count). The number of anilines is 1. The van der Waals surface area contributed by atoms with Crippen LogP contribution in [0.15, 0.2) is 53.4 Å². The van der Waals surface area contributed by atoms with Crippen LogP contribution in [0.25, 0.3) is 0 Å². The van der Waals surface area contributed by atoms with Crippen LogP contribution in [0, 0.1) is 10.1 Å². The van der Waals surface area contributed by atoms with Gasteiger partial charge < -0.3 is 5.32 Å². The molecule has 0 amide bonds. The van der Waals surface area contributed by atoms with Crippen LogP contribution in [0.1, 0.15) is 25.5 Å². The van der Waals surface area contributed by atoms with Crippen molar-refractivity contribution in [1.29, 1.82) is 0 Å². The van der Waals surface area contributed by atoms with Crippen LogP contribution in [0.5, 0.6) is 0 Å². The first-order chi connectivity index (χ1) is 12.8. The average molecular weight is 392 g/mol. The molecule has 0 bridgehead atoms. The predicted octanol–water partition coefficient (Wildman–Crippen LogP) is 2.74. The quantitative estimate of drug-likeness (QED) is 0.500. The number of likely N-dealkylation sites (N-methyl/N-ethyl adjacent to an activating group) is 1. The van der Waals surface area contributed by atoms with Gasteiger partial charge in [0.1, 0.15) is 4.90 Å². The molecule has 0 aliphatic carbocycles. The van der Waals surface area contributed by atoms with E-state index in [0.29, 0.717) is 6.54 Å². The van der Waals surface area contributed by atoms with Crippen LogP contribution in [0.2, 0.25) is 0 Å². The summed E-state index contributed by atoms with van der Waals surface area (Å²) in [7, 11) is -4.11. The SMILES string of the molecule is CCN(CC)C(CNc1ccc([N+](=O)[O-])cc1S(N)(=O)=O)c1ccccc1. The van der Waals surface area contributed by atoms with Gasteiger partial charge in [-0.3, -0.25) is 15.0 Å². The number of primary sulfonamides is 1. The van der Waals surface area contributed by atoms with E-state index in [-0.39, 0.29) is 22.3 Å². The topological polar surface area (TPSA) is 119 Å². The summed E-state index contributed by atoms with van der Waals surface area (Å²) in [6.45, 7) is 6.17. The number of nitro groups is 1. The minimum atomic E-state index is -4.11. The van der Waals surface area contributed by atoms with Gasteiger partial charge in [-0.15, -0.1) is 0 Å². The first-order valence-corrected chi connectivity index (χ1v) is 10.2. The van der Waals surface area contributed by atoms with Crippen molar-refractivity contribution in [2.75, 3.05) is 25.0 Å². The maximum absolute atomic E-state index is 11.9. The Labute approximate surface area is 159 Å². The molecule has 0 saturated heterocycles. The zero-order chi connectivity index (χ0) is 20.0. The van der Waals surface area contributed by atoms with E-state index in [1.165, 1.54) is 12.1 Å². The lowest BCUT2D eigenvalue weighted by Crippen LogP contribution is -2.33. The molecular formula is C18H24N4O4S. The lowest BCUT2D eigenvalue weighted by molar-refractivity contribution is -0.385. The monoisotopic (exact) mass is 392 g/mol. The number of rotatable bonds is 9. The summed E-state index contributed by atoms with van der Waals surface area (Å²) in [4.78, 5) is 12.3. The largest absolute Gasteiger partial charge is 0.382 e. The highest BCUT2D eigenvalue weighted by Crippen LogP contribution is 2.27. The number of nitrogens with one attached hydrogen (secondary N) is 1. The molecule has 2 aromatic rings. The Morgan fingerprint density at radius 1 is 1.15 bits per heavy atom. The van der Waals surface area contributed by atoms with Gasteiger partial charge in [0.25, 0.3) is 5.69 Å². The zero-order valence-electron chi connectivity index (χ0n) is 15.3. The number of hydrogen-bond acceptors (Lipinski definition) is 6. The Balaban J connectivity index is 2.35.